The lowest BCUT2D eigenvalue weighted by Crippen LogP contribution is -2.55. The highest BCUT2D eigenvalue weighted by Gasteiger charge is 2.36. The molecule has 1 aliphatic carbocycles. The predicted molar refractivity (Wildman–Crippen MR) is 69.6 cm³/mol. The SMILES string of the molecule is CNC1CC(C(C)C)CN(C2CC(C)C2)C1. The van der Waals surface area contributed by atoms with Gasteiger partial charge in [0.2, 0.25) is 0 Å². The third-order valence-corrected chi connectivity index (χ3v) is 4.73. The van der Waals surface area contributed by atoms with Crippen molar-refractivity contribution in [3.8, 4) is 0 Å². The Bertz CT molecular complexity index is 221. The molecule has 16 heavy (non-hydrogen) atoms. The maximum Gasteiger partial charge on any atom is 0.0195 e. The van der Waals surface area contributed by atoms with Gasteiger partial charge in [0.05, 0.1) is 0 Å². The molecular weight excluding hydrogens is 196 g/mol. The van der Waals surface area contributed by atoms with Gasteiger partial charge in [0, 0.05) is 25.2 Å². The number of nitrogens with one attached hydrogen (secondary N) is 1. The Balaban J connectivity index is 1.92. The molecule has 0 radical (unpaired) electrons. The zero-order chi connectivity index (χ0) is 11.7. The van der Waals surface area contributed by atoms with Crippen molar-refractivity contribution in [3.05, 3.63) is 0 Å². The molecule has 0 aromatic carbocycles. The molecule has 2 aliphatic rings. The average Bonchev–Trinajstić information content (AvgIpc) is 2.24. The fourth-order valence-corrected chi connectivity index (χ4v) is 3.32. The number of likely N-dealkylation sites (tertiary alicyclic amines) is 1. The molecule has 0 aromatic rings. The van der Waals surface area contributed by atoms with Crippen molar-refractivity contribution in [3.63, 3.8) is 0 Å². The van der Waals surface area contributed by atoms with E-state index in [2.05, 4.69) is 38.0 Å². The van der Waals surface area contributed by atoms with Gasteiger partial charge in [-0.25, -0.2) is 0 Å². The monoisotopic (exact) mass is 224 g/mol. The molecule has 0 amide bonds. The fourth-order valence-electron chi connectivity index (χ4n) is 3.32. The van der Waals surface area contributed by atoms with Crippen molar-refractivity contribution in [2.24, 2.45) is 17.8 Å². The van der Waals surface area contributed by atoms with Crippen LogP contribution in [0.3, 0.4) is 0 Å². The molecule has 1 heterocycles. The van der Waals surface area contributed by atoms with Crippen LogP contribution < -0.4 is 5.32 Å². The number of hydrogen-bond donors (Lipinski definition) is 1. The summed E-state index contributed by atoms with van der Waals surface area (Å²) in [5.74, 6) is 2.69. The summed E-state index contributed by atoms with van der Waals surface area (Å²) in [7, 11) is 2.12. The largest absolute Gasteiger partial charge is 0.316 e. The second-order valence-electron chi connectivity index (χ2n) is 6.41. The van der Waals surface area contributed by atoms with Crippen LogP contribution in [0.25, 0.3) is 0 Å². The summed E-state index contributed by atoms with van der Waals surface area (Å²) in [5.41, 5.74) is 0. The van der Waals surface area contributed by atoms with E-state index >= 15 is 0 Å². The molecule has 1 saturated carbocycles. The van der Waals surface area contributed by atoms with Gasteiger partial charge >= 0.3 is 0 Å². The summed E-state index contributed by atoms with van der Waals surface area (Å²) >= 11 is 0. The number of nitrogens with zero attached hydrogens (tertiary/aromatic N) is 1. The van der Waals surface area contributed by atoms with Gasteiger partial charge < -0.3 is 5.32 Å². The van der Waals surface area contributed by atoms with Crippen molar-refractivity contribution < 1.29 is 0 Å². The molecule has 0 aromatic heterocycles. The molecule has 2 nitrogen and oxygen atoms in total. The van der Waals surface area contributed by atoms with Crippen molar-refractivity contribution in [1.29, 1.82) is 0 Å². The zero-order valence-corrected chi connectivity index (χ0v) is 11.4. The van der Waals surface area contributed by atoms with E-state index in [1.165, 1.54) is 32.4 Å². The predicted octanol–water partition coefficient (Wildman–Crippen LogP) is 2.35. The molecule has 1 N–H and O–H groups in total. The molecule has 0 bridgehead atoms. The molecule has 1 aliphatic heterocycles. The maximum atomic E-state index is 3.49. The number of likely N-dealkylation sites (N-methyl/N-ethyl adjacent to an activating group) is 1. The molecule has 2 fully saturated rings. The molecule has 2 rings (SSSR count). The van der Waals surface area contributed by atoms with Gasteiger partial charge in [-0.3, -0.25) is 4.90 Å². The van der Waals surface area contributed by atoms with Crippen LogP contribution in [0.1, 0.15) is 40.0 Å². The summed E-state index contributed by atoms with van der Waals surface area (Å²) in [4.78, 5) is 2.76. The van der Waals surface area contributed by atoms with E-state index in [1.54, 1.807) is 0 Å². The lowest BCUT2D eigenvalue weighted by atomic mass is 9.77. The van der Waals surface area contributed by atoms with Crippen LogP contribution in [0, 0.1) is 17.8 Å². The Kier molecular flexibility index (Phi) is 3.91. The first-order valence-corrected chi connectivity index (χ1v) is 7.01. The minimum atomic E-state index is 0.719. The quantitative estimate of drug-likeness (QED) is 0.791. The Morgan fingerprint density at radius 1 is 1.12 bits per heavy atom. The van der Waals surface area contributed by atoms with E-state index in [0.29, 0.717) is 0 Å². The Hall–Kier alpha value is -0.0800. The summed E-state index contributed by atoms with van der Waals surface area (Å²) < 4.78 is 0. The van der Waals surface area contributed by atoms with E-state index in [9.17, 15) is 0 Å². The normalized spacial score (nSPS) is 41.1. The second kappa shape index (κ2) is 5.05. The highest BCUT2D eigenvalue weighted by atomic mass is 15.2. The smallest absolute Gasteiger partial charge is 0.0195 e. The highest BCUT2D eigenvalue weighted by Crippen LogP contribution is 2.35. The fraction of sp³-hybridized carbons (Fsp3) is 1.00. The van der Waals surface area contributed by atoms with Crippen LogP contribution in [-0.4, -0.2) is 37.1 Å². The lowest BCUT2D eigenvalue weighted by molar-refractivity contribution is 0.0247. The molecule has 1 saturated heterocycles. The first kappa shape index (κ1) is 12.4. The molecule has 94 valence electrons. The third-order valence-electron chi connectivity index (χ3n) is 4.73. The highest BCUT2D eigenvalue weighted by molar-refractivity contribution is 4.92. The summed E-state index contributed by atoms with van der Waals surface area (Å²) in [6, 6.07) is 1.62. The van der Waals surface area contributed by atoms with E-state index in [4.69, 9.17) is 0 Å². The number of piperidine rings is 1. The van der Waals surface area contributed by atoms with Gasteiger partial charge in [-0.2, -0.15) is 0 Å². The summed E-state index contributed by atoms with van der Waals surface area (Å²) in [6.45, 7) is 9.76. The third kappa shape index (κ3) is 2.60. The summed E-state index contributed by atoms with van der Waals surface area (Å²) in [6.07, 6.45) is 4.23. The lowest BCUT2D eigenvalue weighted by Gasteiger charge is -2.48. The van der Waals surface area contributed by atoms with Gasteiger partial charge in [0.15, 0.2) is 0 Å². The molecule has 2 heteroatoms. The maximum absolute atomic E-state index is 3.49. The Morgan fingerprint density at radius 3 is 2.31 bits per heavy atom. The number of hydrogen-bond acceptors (Lipinski definition) is 2. The Labute approximate surface area is 101 Å². The topological polar surface area (TPSA) is 15.3 Å². The van der Waals surface area contributed by atoms with Crippen LogP contribution in [0.2, 0.25) is 0 Å². The zero-order valence-electron chi connectivity index (χ0n) is 11.4. The van der Waals surface area contributed by atoms with Crippen LogP contribution in [0.4, 0.5) is 0 Å². The van der Waals surface area contributed by atoms with Gasteiger partial charge in [-0.1, -0.05) is 20.8 Å². The first-order valence-electron chi connectivity index (χ1n) is 7.01. The van der Waals surface area contributed by atoms with E-state index in [0.717, 1.165) is 29.8 Å². The Morgan fingerprint density at radius 2 is 1.81 bits per heavy atom. The van der Waals surface area contributed by atoms with Gasteiger partial charge in [0.1, 0.15) is 0 Å². The molecule has 2 unspecified atom stereocenters. The minimum absolute atomic E-state index is 0.719. The summed E-state index contributed by atoms with van der Waals surface area (Å²) in [5, 5.41) is 3.49. The van der Waals surface area contributed by atoms with Crippen LogP contribution >= 0.6 is 0 Å². The van der Waals surface area contributed by atoms with Crippen molar-refractivity contribution in [2.75, 3.05) is 20.1 Å². The number of rotatable bonds is 3. The standard InChI is InChI=1S/C14H28N2/c1-10(2)12-7-13(15-4)9-16(8-12)14-5-11(3)6-14/h10-15H,5-9H2,1-4H3. The van der Waals surface area contributed by atoms with Crippen LogP contribution in [-0.2, 0) is 0 Å². The molecular formula is C14H28N2. The van der Waals surface area contributed by atoms with Gasteiger partial charge in [-0.15, -0.1) is 0 Å². The van der Waals surface area contributed by atoms with E-state index < -0.39 is 0 Å². The van der Waals surface area contributed by atoms with Crippen molar-refractivity contribution in [2.45, 2.75) is 52.1 Å². The minimum Gasteiger partial charge on any atom is -0.316 e. The molecule has 0 spiro atoms. The van der Waals surface area contributed by atoms with Crippen molar-refractivity contribution >= 4 is 0 Å². The second-order valence-corrected chi connectivity index (χ2v) is 6.41. The van der Waals surface area contributed by atoms with Gasteiger partial charge in [-0.05, 0) is 44.1 Å². The van der Waals surface area contributed by atoms with E-state index in [1.807, 2.05) is 0 Å². The van der Waals surface area contributed by atoms with Crippen LogP contribution in [0.5, 0.6) is 0 Å². The van der Waals surface area contributed by atoms with Gasteiger partial charge in [0.25, 0.3) is 0 Å². The first-order chi connectivity index (χ1) is 7.60. The van der Waals surface area contributed by atoms with Crippen LogP contribution in [0.15, 0.2) is 0 Å². The van der Waals surface area contributed by atoms with Crippen molar-refractivity contribution in [1.82, 2.24) is 10.2 Å². The average molecular weight is 224 g/mol. The molecule has 2 atom stereocenters. The van der Waals surface area contributed by atoms with E-state index in [-0.39, 0.29) is 0 Å².